The van der Waals surface area contributed by atoms with Crippen molar-refractivity contribution in [3.63, 3.8) is 0 Å². The minimum atomic E-state index is -1.52. The Labute approximate surface area is 148 Å². The Morgan fingerprint density at radius 1 is 0.920 bits per heavy atom. The second-order valence-corrected chi connectivity index (χ2v) is 5.49. The third-order valence-corrected chi connectivity index (χ3v) is 2.62. The Balaban J connectivity index is 0. The van der Waals surface area contributed by atoms with Crippen molar-refractivity contribution >= 4 is 5.97 Å². The van der Waals surface area contributed by atoms with Crippen molar-refractivity contribution in [1.82, 2.24) is 0 Å². The first kappa shape index (κ1) is 25.5. The molecule has 0 aliphatic rings. The number of hydrogen-bond acceptors (Lipinski definition) is 8. The highest BCUT2D eigenvalue weighted by atomic mass is 16.6. The van der Waals surface area contributed by atoms with Gasteiger partial charge in [0.05, 0.1) is 63.0 Å². The Hall–Kier alpha value is -1.75. The zero-order valence-corrected chi connectivity index (χ0v) is 15.1. The highest BCUT2D eigenvalue weighted by Gasteiger charge is 2.13. The minimum Gasteiger partial charge on any atom is -0.479 e. The molecule has 4 unspecified atom stereocenters. The van der Waals surface area contributed by atoms with Gasteiger partial charge in [-0.25, -0.2) is 4.79 Å². The van der Waals surface area contributed by atoms with Crippen LogP contribution in [-0.2, 0) is 19.0 Å². The summed E-state index contributed by atoms with van der Waals surface area (Å²) in [6, 6.07) is 2.58. The fraction of sp³-hybridized carbons (Fsp3) is 0.812. The van der Waals surface area contributed by atoms with E-state index in [-0.39, 0.29) is 24.9 Å². The van der Waals surface area contributed by atoms with Gasteiger partial charge in [-0.1, -0.05) is 0 Å². The molecule has 9 nitrogen and oxygen atoms in total. The van der Waals surface area contributed by atoms with Gasteiger partial charge in [-0.3, -0.25) is 0 Å². The summed E-state index contributed by atoms with van der Waals surface area (Å²) in [5.74, 6) is -2.91. The van der Waals surface area contributed by atoms with Crippen molar-refractivity contribution < 1.29 is 34.3 Å². The molecule has 0 aliphatic carbocycles. The Morgan fingerprint density at radius 2 is 1.32 bits per heavy atom. The van der Waals surface area contributed by atoms with Crippen molar-refractivity contribution in [2.45, 2.75) is 52.1 Å². The molecule has 0 aromatic heterocycles. The van der Waals surface area contributed by atoms with E-state index in [1.54, 1.807) is 13.8 Å². The normalized spacial score (nSPS) is 15.1. The van der Waals surface area contributed by atoms with E-state index in [0.717, 1.165) is 0 Å². The molecule has 0 spiro atoms. The monoisotopic (exact) mass is 360 g/mol. The molecule has 0 saturated carbocycles. The van der Waals surface area contributed by atoms with Crippen molar-refractivity contribution in [1.29, 1.82) is 10.5 Å². The molecular formula is C16H28N2O7. The molecule has 0 bridgehead atoms. The maximum absolute atomic E-state index is 9.72. The maximum atomic E-state index is 9.72. The SMILES string of the molecule is CC(O)COC(C)COC(C)COC(C)CO.N#CC(C#N)C(=O)O. The molecule has 4 atom stereocenters. The Kier molecular flexibility index (Phi) is 16.1. The first-order valence-corrected chi connectivity index (χ1v) is 7.83. The van der Waals surface area contributed by atoms with E-state index < -0.39 is 18.0 Å². The lowest BCUT2D eigenvalue weighted by atomic mass is 10.2. The number of carbonyl (C=O) groups is 1. The first-order chi connectivity index (χ1) is 11.7. The first-order valence-electron chi connectivity index (χ1n) is 7.83. The molecule has 0 rings (SSSR count). The van der Waals surface area contributed by atoms with Crippen LogP contribution in [0, 0.1) is 28.6 Å². The van der Waals surface area contributed by atoms with E-state index in [1.165, 1.54) is 12.1 Å². The van der Waals surface area contributed by atoms with Crippen LogP contribution in [0.1, 0.15) is 27.7 Å². The van der Waals surface area contributed by atoms with Gasteiger partial charge in [0, 0.05) is 0 Å². The molecule has 144 valence electrons. The van der Waals surface area contributed by atoms with Crippen LogP contribution in [0.5, 0.6) is 0 Å². The quantitative estimate of drug-likeness (QED) is 0.472. The molecule has 0 amide bonds. The largest absolute Gasteiger partial charge is 0.479 e. The number of aliphatic hydroxyl groups excluding tert-OH is 2. The van der Waals surface area contributed by atoms with Crippen LogP contribution < -0.4 is 0 Å². The third-order valence-electron chi connectivity index (χ3n) is 2.62. The average molecular weight is 360 g/mol. The number of nitriles is 2. The predicted molar refractivity (Wildman–Crippen MR) is 87.4 cm³/mol. The van der Waals surface area contributed by atoms with Crippen molar-refractivity contribution in [3.05, 3.63) is 0 Å². The Morgan fingerprint density at radius 3 is 1.60 bits per heavy atom. The minimum absolute atomic E-state index is 0.0145. The van der Waals surface area contributed by atoms with E-state index in [4.69, 9.17) is 40.1 Å². The molecular weight excluding hydrogens is 332 g/mol. The van der Waals surface area contributed by atoms with Gasteiger partial charge in [-0.2, -0.15) is 10.5 Å². The lowest BCUT2D eigenvalue weighted by Gasteiger charge is -2.19. The molecule has 3 N–H and O–H groups in total. The number of hydrogen-bond donors (Lipinski definition) is 3. The van der Waals surface area contributed by atoms with E-state index in [9.17, 15) is 4.79 Å². The van der Waals surface area contributed by atoms with Crippen molar-refractivity contribution in [2.75, 3.05) is 26.4 Å². The summed E-state index contributed by atoms with van der Waals surface area (Å²) in [6.45, 7) is 8.53. The standard InChI is InChI=1S/C12H26O5.C4H2N2O2/c1-9(14)6-15-11(3)8-17-12(4)7-16-10(2)5-13;5-1-3(2-6)4(7)8/h9-14H,5-8H2,1-4H3;3H,(H,7,8). The topological polar surface area (TPSA) is 153 Å². The van der Waals surface area contributed by atoms with Gasteiger partial charge in [-0.15, -0.1) is 0 Å². The zero-order chi connectivity index (χ0) is 19.8. The number of ether oxygens (including phenoxy) is 3. The van der Waals surface area contributed by atoms with E-state index >= 15 is 0 Å². The number of carboxylic acids is 1. The summed E-state index contributed by atoms with van der Waals surface area (Å²) in [5.41, 5.74) is 0. The second kappa shape index (κ2) is 15.8. The van der Waals surface area contributed by atoms with Gasteiger partial charge < -0.3 is 29.5 Å². The highest BCUT2D eigenvalue weighted by Crippen LogP contribution is 2.00. The smallest absolute Gasteiger partial charge is 0.335 e. The van der Waals surface area contributed by atoms with E-state index in [2.05, 4.69) is 0 Å². The summed E-state index contributed by atoms with van der Waals surface area (Å²) < 4.78 is 16.2. The predicted octanol–water partition coefficient (Wildman–Crippen LogP) is 0.309. The third kappa shape index (κ3) is 16.9. The van der Waals surface area contributed by atoms with Crippen LogP contribution >= 0.6 is 0 Å². The zero-order valence-electron chi connectivity index (χ0n) is 15.1. The second-order valence-electron chi connectivity index (χ2n) is 5.49. The van der Waals surface area contributed by atoms with Gasteiger partial charge >= 0.3 is 5.97 Å². The molecule has 0 aromatic carbocycles. The van der Waals surface area contributed by atoms with E-state index in [0.29, 0.717) is 19.8 Å². The summed E-state index contributed by atoms with van der Waals surface area (Å²) in [7, 11) is 0. The van der Waals surface area contributed by atoms with Crippen LogP contribution in [-0.4, -0.2) is 72.1 Å². The van der Waals surface area contributed by atoms with Crippen LogP contribution in [0.2, 0.25) is 0 Å². The maximum Gasteiger partial charge on any atom is 0.335 e. The van der Waals surface area contributed by atoms with E-state index in [1.807, 2.05) is 13.8 Å². The van der Waals surface area contributed by atoms with Crippen molar-refractivity contribution in [2.24, 2.45) is 5.92 Å². The molecule has 0 aliphatic heterocycles. The fourth-order valence-electron chi connectivity index (χ4n) is 1.19. The molecule has 0 fully saturated rings. The lowest BCUT2D eigenvalue weighted by molar-refractivity contribution is -0.138. The molecule has 0 aromatic rings. The van der Waals surface area contributed by atoms with Gasteiger partial charge in [0.1, 0.15) is 0 Å². The Bertz CT molecular complexity index is 417. The summed E-state index contributed by atoms with van der Waals surface area (Å²) in [4.78, 5) is 9.72. The van der Waals surface area contributed by atoms with Gasteiger partial charge in [0.25, 0.3) is 0 Å². The van der Waals surface area contributed by atoms with Crippen LogP contribution in [0.25, 0.3) is 0 Å². The summed E-state index contributed by atoms with van der Waals surface area (Å²) in [6.07, 6.45) is -0.711. The lowest BCUT2D eigenvalue weighted by Crippen LogP contribution is -2.27. The number of nitrogens with zero attached hydrogens (tertiary/aromatic N) is 2. The molecule has 9 heteroatoms. The average Bonchev–Trinajstić information content (AvgIpc) is 2.57. The number of aliphatic hydroxyl groups is 2. The van der Waals surface area contributed by atoms with Crippen LogP contribution in [0.15, 0.2) is 0 Å². The van der Waals surface area contributed by atoms with Crippen LogP contribution in [0.4, 0.5) is 0 Å². The summed E-state index contributed by atoms with van der Waals surface area (Å²) >= 11 is 0. The van der Waals surface area contributed by atoms with Gasteiger partial charge in [-0.05, 0) is 27.7 Å². The summed E-state index contributed by atoms with van der Waals surface area (Å²) in [5, 5.41) is 41.4. The fourth-order valence-corrected chi connectivity index (χ4v) is 1.19. The number of carboxylic acid groups (broad SMARTS) is 1. The number of aliphatic carboxylic acids is 1. The van der Waals surface area contributed by atoms with Crippen molar-refractivity contribution in [3.8, 4) is 12.1 Å². The highest BCUT2D eigenvalue weighted by molar-refractivity contribution is 5.75. The molecule has 0 heterocycles. The molecule has 0 saturated heterocycles. The molecule has 25 heavy (non-hydrogen) atoms. The van der Waals surface area contributed by atoms with Crippen LogP contribution in [0.3, 0.4) is 0 Å². The van der Waals surface area contributed by atoms with Gasteiger partial charge in [0.15, 0.2) is 0 Å². The molecule has 0 radical (unpaired) electrons. The number of rotatable bonds is 11. The van der Waals surface area contributed by atoms with Gasteiger partial charge in [0.2, 0.25) is 5.92 Å².